The number of nitrogens with zero attached hydrogens (tertiary/aromatic N) is 3. The third-order valence-corrected chi connectivity index (χ3v) is 6.69. The number of aromatic amines is 1. The molecule has 5 aromatic rings. The Kier molecular flexibility index (Phi) is 7.96. The fourth-order valence-corrected chi connectivity index (χ4v) is 4.81. The van der Waals surface area contributed by atoms with Crippen LogP contribution < -0.4 is 5.32 Å². The summed E-state index contributed by atoms with van der Waals surface area (Å²) in [5.41, 5.74) is 3.51. The van der Waals surface area contributed by atoms with Crippen molar-refractivity contribution >= 4 is 17.0 Å². The van der Waals surface area contributed by atoms with Crippen molar-refractivity contribution in [2.45, 2.75) is 58.2 Å². The van der Waals surface area contributed by atoms with Crippen LogP contribution in [0.15, 0.2) is 85.1 Å². The molecule has 2 heterocycles. The molecule has 8 heteroatoms. The summed E-state index contributed by atoms with van der Waals surface area (Å²) in [5.74, 6) is 1.11. The summed E-state index contributed by atoms with van der Waals surface area (Å²) in [6, 6.07) is 24.2. The van der Waals surface area contributed by atoms with E-state index >= 15 is 0 Å². The van der Waals surface area contributed by atoms with E-state index in [1.165, 1.54) is 17.7 Å². The number of nitrogens with one attached hydrogen (secondary N) is 2. The van der Waals surface area contributed by atoms with Crippen LogP contribution in [-0.4, -0.2) is 31.4 Å². The Bertz CT molecular complexity index is 1570. The van der Waals surface area contributed by atoms with E-state index in [4.69, 9.17) is 4.74 Å². The number of amides is 1. The molecule has 206 valence electrons. The van der Waals surface area contributed by atoms with Gasteiger partial charge in [-0.25, -0.2) is 9.18 Å². The number of rotatable bonds is 9. The number of aromatic nitrogens is 4. The first-order valence-corrected chi connectivity index (χ1v) is 13.5. The third kappa shape index (κ3) is 6.75. The Labute approximate surface area is 233 Å². The number of H-pyrrole nitrogens is 1. The van der Waals surface area contributed by atoms with Crippen molar-refractivity contribution in [3.63, 3.8) is 0 Å². The van der Waals surface area contributed by atoms with Crippen molar-refractivity contribution in [3.05, 3.63) is 119 Å². The molecule has 0 bridgehead atoms. The summed E-state index contributed by atoms with van der Waals surface area (Å²) in [5, 5.41) is 13.3. The number of aryl methyl sites for hydroxylation is 2. The predicted octanol–water partition coefficient (Wildman–Crippen LogP) is 6.54. The average molecular weight is 540 g/mol. The normalized spacial score (nSPS) is 12.4. The van der Waals surface area contributed by atoms with Crippen LogP contribution in [0.1, 0.15) is 55.2 Å². The molecular formula is C32H34FN5O2. The highest BCUT2D eigenvalue weighted by Gasteiger charge is 2.27. The molecular weight excluding hydrogens is 505 g/mol. The number of benzene rings is 3. The largest absolute Gasteiger partial charge is 0.444 e. The molecule has 0 saturated heterocycles. The van der Waals surface area contributed by atoms with Crippen molar-refractivity contribution in [2.75, 3.05) is 0 Å². The first kappa shape index (κ1) is 27.1. The van der Waals surface area contributed by atoms with Gasteiger partial charge in [-0.2, -0.15) is 0 Å². The van der Waals surface area contributed by atoms with Gasteiger partial charge in [-0.1, -0.05) is 60.7 Å². The standard InChI is InChI=1S/C32H34FN5O2/c1-32(2,3)40-31(39)35-28(19-24-20-34-27-12-8-7-11-26(24)27)30-37-36-29(18-15-22-9-5-4-6-10-22)38(30)21-23-13-16-25(33)17-14-23/h4-14,16-17,20,28,34H,15,18-19,21H2,1-3H3,(H,35,39). The number of carbonyl (C=O) groups is 1. The second-order valence-corrected chi connectivity index (χ2v) is 10.9. The number of halogens is 1. The van der Waals surface area contributed by atoms with Crippen LogP contribution in [0, 0.1) is 5.82 Å². The fourth-order valence-electron chi connectivity index (χ4n) is 4.81. The lowest BCUT2D eigenvalue weighted by atomic mass is 10.0. The quantitative estimate of drug-likeness (QED) is 0.223. The number of hydrogen-bond donors (Lipinski definition) is 2. The molecule has 0 radical (unpaired) electrons. The topological polar surface area (TPSA) is 84.8 Å². The zero-order valence-electron chi connectivity index (χ0n) is 23.0. The first-order valence-electron chi connectivity index (χ1n) is 13.5. The molecule has 5 rings (SSSR count). The number of hydrogen-bond acceptors (Lipinski definition) is 4. The van der Waals surface area contributed by atoms with Crippen molar-refractivity contribution in [3.8, 4) is 0 Å². The number of carbonyl (C=O) groups excluding carboxylic acids is 1. The van der Waals surface area contributed by atoms with Gasteiger partial charge in [0, 0.05) is 29.9 Å². The Morgan fingerprint density at radius 1 is 0.950 bits per heavy atom. The maximum absolute atomic E-state index is 13.7. The van der Waals surface area contributed by atoms with Gasteiger partial charge >= 0.3 is 6.09 Å². The molecule has 0 aliphatic heterocycles. The molecule has 0 saturated carbocycles. The highest BCUT2D eigenvalue weighted by Crippen LogP contribution is 2.26. The Morgan fingerprint density at radius 3 is 2.42 bits per heavy atom. The van der Waals surface area contributed by atoms with E-state index < -0.39 is 17.7 Å². The molecule has 2 N–H and O–H groups in total. The molecule has 0 aliphatic carbocycles. The lowest BCUT2D eigenvalue weighted by Crippen LogP contribution is -2.37. The summed E-state index contributed by atoms with van der Waals surface area (Å²) in [6.07, 6.45) is 3.36. The van der Waals surface area contributed by atoms with E-state index in [-0.39, 0.29) is 5.82 Å². The van der Waals surface area contributed by atoms with Gasteiger partial charge in [0.15, 0.2) is 5.82 Å². The minimum Gasteiger partial charge on any atom is -0.444 e. The molecule has 1 amide bonds. The van der Waals surface area contributed by atoms with Crippen LogP contribution in [0.2, 0.25) is 0 Å². The molecule has 0 spiro atoms. The molecule has 2 aromatic heterocycles. The van der Waals surface area contributed by atoms with Crippen molar-refractivity contribution in [1.29, 1.82) is 0 Å². The van der Waals surface area contributed by atoms with Gasteiger partial charge in [0.25, 0.3) is 0 Å². The summed E-state index contributed by atoms with van der Waals surface area (Å²) >= 11 is 0. The molecule has 40 heavy (non-hydrogen) atoms. The minimum atomic E-state index is -0.655. The van der Waals surface area contributed by atoms with Crippen molar-refractivity contribution < 1.29 is 13.9 Å². The van der Waals surface area contributed by atoms with Gasteiger partial charge in [-0.05, 0) is 62.1 Å². The van der Waals surface area contributed by atoms with Crippen LogP contribution in [-0.2, 0) is 30.5 Å². The molecule has 0 fully saturated rings. The number of ether oxygens (including phenoxy) is 1. The van der Waals surface area contributed by atoms with E-state index in [0.29, 0.717) is 25.2 Å². The summed E-state index contributed by atoms with van der Waals surface area (Å²) in [4.78, 5) is 16.3. The highest BCUT2D eigenvalue weighted by atomic mass is 19.1. The van der Waals surface area contributed by atoms with Gasteiger partial charge in [0.05, 0.1) is 12.6 Å². The maximum atomic E-state index is 13.7. The first-order chi connectivity index (χ1) is 19.2. The van der Waals surface area contributed by atoms with E-state index in [9.17, 15) is 9.18 Å². The van der Waals surface area contributed by atoms with Gasteiger partial charge in [-0.3, -0.25) is 0 Å². The second kappa shape index (κ2) is 11.7. The highest BCUT2D eigenvalue weighted by molar-refractivity contribution is 5.83. The lowest BCUT2D eigenvalue weighted by Gasteiger charge is -2.24. The van der Waals surface area contributed by atoms with Gasteiger partial charge in [-0.15, -0.1) is 10.2 Å². The molecule has 1 unspecified atom stereocenters. The van der Waals surface area contributed by atoms with Gasteiger partial charge in [0.1, 0.15) is 17.2 Å². The molecule has 3 aromatic carbocycles. The maximum Gasteiger partial charge on any atom is 0.408 e. The Balaban J connectivity index is 1.52. The summed E-state index contributed by atoms with van der Waals surface area (Å²) in [7, 11) is 0. The SMILES string of the molecule is CC(C)(C)OC(=O)NC(Cc1c[nH]c2ccccc12)c1nnc(CCc2ccccc2)n1Cc1ccc(F)cc1. The van der Waals surface area contributed by atoms with Gasteiger partial charge in [0.2, 0.25) is 0 Å². The van der Waals surface area contributed by atoms with Crippen LogP contribution in [0.5, 0.6) is 0 Å². The van der Waals surface area contributed by atoms with E-state index in [0.717, 1.165) is 34.3 Å². The summed E-state index contributed by atoms with van der Waals surface area (Å²) < 4.78 is 21.3. The van der Waals surface area contributed by atoms with E-state index in [1.54, 1.807) is 12.1 Å². The zero-order chi connectivity index (χ0) is 28.1. The minimum absolute atomic E-state index is 0.291. The molecule has 1 atom stereocenters. The van der Waals surface area contributed by atoms with E-state index in [2.05, 4.69) is 38.7 Å². The Morgan fingerprint density at radius 2 is 1.68 bits per heavy atom. The lowest BCUT2D eigenvalue weighted by molar-refractivity contribution is 0.0500. The summed E-state index contributed by atoms with van der Waals surface area (Å²) in [6.45, 7) is 5.94. The zero-order valence-corrected chi connectivity index (χ0v) is 23.0. The van der Waals surface area contributed by atoms with E-state index in [1.807, 2.05) is 67.9 Å². The fraction of sp³-hybridized carbons (Fsp3) is 0.281. The predicted molar refractivity (Wildman–Crippen MR) is 153 cm³/mol. The smallest absolute Gasteiger partial charge is 0.408 e. The average Bonchev–Trinajstić information content (AvgIpc) is 3.52. The van der Waals surface area contributed by atoms with Crippen LogP contribution >= 0.6 is 0 Å². The van der Waals surface area contributed by atoms with Crippen molar-refractivity contribution in [2.24, 2.45) is 0 Å². The van der Waals surface area contributed by atoms with Crippen LogP contribution in [0.3, 0.4) is 0 Å². The molecule has 0 aliphatic rings. The number of alkyl carbamates (subject to hydrolysis) is 1. The number of para-hydroxylation sites is 1. The van der Waals surface area contributed by atoms with Crippen LogP contribution in [0.4, 0.5) is 9.18 Å². The number of fused-ring (bicyclic) bond motifs is 1. The van der Waals surface area contributed by atoms with Crippen molar-refractivity contribution in [1.82, 2.24) is 25.1 Å². The third-order valence-electron chi connectivity index (χ3n) is 6.69. The Hall–Kier alpha value is -4.46. The monoisotopic (exact) mass is 539 g/mol. The van der Waals surface area contributed by atoms with Gasteiger partial charge < -0.3 is 19.6 Å². The second-order valence-electron chi connectivity index (χ2n) is 10.9. The molecule has 7 nitrogen and oxygen atoms in total. The van der Waals surface area contributed by atoms with Crippen LogP contribution in [0.25, 0.3) is 10.9 Å².